The Morgan fingerprint density at radius 3 is 2.12 bits per heavy atom. The second kappa shape index (κ2) is 14.2. The van der Waals surface area contributed by atoms with Gasteiger partial charge in [0.1, 0.15) is 0 Å². The maximum Gasteiger partial charge on any atom is 0.306 e. The molecule has 32 heavy (non-hydrogen) atoms. The fourth-order valence-corrected chi connectivity index (χ4v) is 4.94. The van der Waals surface area contributed by atoms with Crippen LogP contribution < -0.4 is 0 Å². The Bertz CT molecular complexity index is 628. The lowest BCUT2D eigenvalue weighted by Gasteiger charge is -2.24. The molecule has 0 aromatic heterocycles. The van der Waals surface area contributed by atoms with E-state index >= 15 is 0 Å². The van der Waals surface area contributed by atoms with Crippen molar-refractivity contribution in [2.45, 2.75) is 131 Å². The van der Waals surface area contributed by atoms with Gasteiger partial charge in [-0.05, 0) is 94.6 Å². The summed E-state index contributed by atoms with van der Waals surface area (Å²) in [6, 6.07) is 0. The monoisotopic (exact) mass is 448 g/mol. The van der Waals surface area contributed by atoms with Gasteiger partial charge in [0.25, 0.3) is 0 Å². The summed E-state index contributed by atoms with van der Waals surface area (Å²) in [5, 5.41) is 19.6. The van der Waals surface area contributed by atoms with Crippen molar-refractivity contribution in [3.8, 4) is 0 Å². The molecule has 0 amide bonds. The third-order valence-corrected chi connectivity index (χ3v) is 8.02. The molecule has 0 radical (unpaired) electrons. The smallest absolute Gasteiger partial charge is 0.306 e. The zero-order chi connectivity index (χ0) is 24.3. The normalized spacial score (nSPS) is 21.6. The first kappa shape index (κ1) is 28.9. The van der Waals surface area contributed by atoms with Gasteiger partial charge in [-0.1, -0.05) is 71.4 Å². The number of carbonyl (C=O) groups is 1. The zero-order valence-corrected chi connectivity index (χ0v) is 22.2. The Hall–Kier alpha value is -1.09. The Balaban J connectivity index is 2.16. The largest absolute Gasteiger partial charge is 0.481 e. The van der Waals surface area contributed by atoms with Crippen LogP contribution in [0, 0.1) is 23.7 Å². The molecule has 0 heterocycles. The molecule has 5 atom stereocenters. The van der Waals surface area contributed by atoms with Gasteiger partial charge in [0.05, 0.1) is 11.5 Å². The van der Waals surface area contributed by atoms with Crippen molar-refractivity contribution < 1.29 is 15.0 Å². The van der Waals surface area contributed by atoms with Gasteiger partial charge in [-0.2, -0.15) is 0 Å². The van der Waals surface area contributed by atoms with Crippen molar-refractivity contribution in [2.24, 2.45) is 23.7 Å². The minimum Gasteiger partial charge on any atom is -0.481 e. The summed E-state index contributed by atoms with van der Waals surface area (Å²) in [5.74, 6) is 1.14. The highest BCUT2D eigenvalue weighted by atomic mass is 16.4. The van der Waals surface area contributed by atoms with Crippen LogP contribution in [-0.4, -0.2) is 21.8 Å². The molecule has 1 aliphatic rings. The molecule has 0 aliphatic heterocycles. The van der Waals surface area contributed by atoms with E-state index in [1.165, 1.54) is 50.5 Å². The van der Waals surface area contributed by atoms with Gasteiger partial charge in [-0.15, -0.1) is 0 Å². The molecule has 2 N–H and O–H groups in total. The van der Waals surface area contributed by atoms with E-state index in [-0.39, 0.29) is 5.92 Å². The molecule has 3 nitrogen and oxygen atoms in total. The van der Waals surface area contributed by atoms with Crippen LogP contribution in [0.25, 0.3) is 0 Å². The van der Waals surface area contributed by atoms with E-state index in [0.717, 1.165) is 25.2 Å². The third kappa shape index (κ3) is 11.2. The fraction of sp³-hybridized carbons (Fsp3) is 0.828. The average molecular weight is 449 g/mol. The topological polar surface area (TPSA) is 57.5 Å². The maximum absolute atomic E-state index is 10.9. The highest BCUT2D eigenvalue weighted by Crippen LogP contribution is 2.33. The lowest BCUT2D eigenvalue weighted by Crippen LogP contribution is -2.24. The van der Waals surface area contributed by atoms with E-state index < -0.39 is 11.6 Å². The van der Waals surface area contributed by atoms with Gasteiger partial charge in [0, 0.05) is 0 Å². The van der Waals surface area contributed by atoms with E-state index in [4.69, 9.17) is 5.11 Å². The van der Waals surface area contributed by atoms with Crippen molar-refractivity contribution in [3.63, 3.8) is 0 Å². The van der Waals surface area contributed by atoms with Crippen molar-refractivity contribution in [3.05, 3.63) is 22.8 Å². The highest BCUT2D eigenvalue weighted by Gasteiger charge is 2.21. The van der Waals surface area contributed by atoms with Crippen LogP contribution in [0.1, 0.15) is 126 Å². The molecule has 5 unspecified atom stereocenters. The molecule has 0 aromatic rings. The predicted molar refractivity (Wildman–Crippen MR) is 137 cm³/mol. The standard InChI is InChI=1S/C29H52O3/c1-21(13-9-19-29(7,32)20-10-14-24(4)28(30)31)11-8-12-22(2)15-17-27-18-16-23(3)25(5)26(27)6/h18,21-24,32H,8-17,19-20H2,1-7H3,(H,30,31). The lowest BCUT2D eigenvalue weighted by molar-refractivity contribution is -0.141. The predicted octanol–water partition coefficient (Wildman–Crippen LogP) is 8.32. The first-order valence-electron chi connectivity index (χ1n) is 13.2. The van der Waals surface area contributed by atoms with E-state index in [1.54, 1.807) is 18.1 Å². The van der Waals surface area contributed by atoms with E-state index in [0.29, 0.717) is 24.7 Å². The number of hydrogen-bond donors (Lipinski definition) is 2. The average Bonchev–Trinajstić information content (AvgIpc) is 2.71. The fourth-order valence-electron chi connectivity index (χ4n) is 4.94. The van der Waals surface area contributed by atoms with Crippen molar-refractivity contribution in [2.75, 3.05) is 0 Å². The Kier molecular flexibility index (Phi) is 12.9. The van der Waals surface area contributed by atoms with Crippen molar-refractivity contribution in [1.29, 1.82) is 0 Å². The number of aliphatic carboxylic acids is 1. The SMILES string of the molecule is CC1=C(C)C(C)CC=C1CCC(C)CCCC(C)CCCC(C)(O)CCCC(C)C(=O)O. The molecule has 186 valence electrons. The number of hydrogen-bond acceptors (Lipinski definition) is 2. The summed E-state index contributed by atoms with van der Waals surface area (Å²) in [6.07, 6.45) is 15.3. The molecular weight excluding hydrogens is 396 g/mol. The summed E-state index contributed by atoms with van der Waals surface area (Å²) in [5.41, 5.74) is 4.04. The molecule has 1 aliphatic carbocycles. The number of carboxylic acids is 1. The third-order valence-electron chi connectivity index (χ3n) is 8.02. The minimum absolute atomic E-state index is 0.319. The van der Waals surface area contributed by atoms with Crippen LogP contribution in [0.5, 0.6) is 0 Å². The van der Waals surface area contributed by atoms with E-state index in [9.17, 15) is 9.90 Å². The van der Waals surface area contributed by atoms with Gasteiger partial charge in [0.2, 0.25) is 0 Å². The second-order valence-electron chi connectivity index (χ2n) is 11.4. The first-order valence-corrected chi connectivity index (χ1v) is 13.2. The molecular formula is C29H52O3. The number of rotatable bonds is 16. The van der Waals surface area contributed by atoms with Gasteiger partial charge < -0.3 is 10.2 Å². The van der Waals surface area contributed by atoms with E-state index in [1.807, 2.05) is 6.92 Å². The molecule has 0 fully saturated rings. The quantitative estimate of drug-likeness (QED) is 0.249. The van der Waals surface area contributed by atoms with Crippen molar-refractivity contribution in [1.82, 2.24) is 0 Å². The highest BCUT2D eigenvalue weighted by molar-refractivity contribution is 5.69. The van der Waals surface area contributed by atoms with Gasteiger partial charge in [-0.3, -0.25) is 4.79 Å². The molecule has 0 saturated heterocycles. The molecule has 0 bridgehead atoms. The number of allylic oxidation sites excluding steroid dienone is 4. The van der Waals surface area contributed by atoms with Crippen LogP contribution >= 0.6 is 0 Å². The van der Waals surface area contributed by atoms with Crippen molar-refractivity contribution >= 4 is 5.97 Å². The van der Waals surface area contributed by atoms with Crippen LogP contribution in [-0.2, 0) is 4.79 Å². The summed E-state index contributed by atoms with van der Waals surface area (Å²) in [4.78, 5) is 10.9. The Morgan fingerprint density at radius 2 is 1.53 bits per heavy atom. The van der Waals surface area contributed by atoms with Gasteiger partial charge >= 0.3 is 5.97 Å². The van der Waals surface area contributed by atoms with Gasteiger partial charge in [0.15, 0.2) is 0 Å². The first-order chi connectivity index (χ1) is 14.9. The maximum atomic E-state index is 10.9. The Morgan fingerprint density at radius 1 is 1.00 bits per heavy atom. The molecule has 0 spiro atoms. The molecule has 0 saturated carbocycles. The summed E-state index contributed by atoms with van der Waals surface area (Å²) in [6.45, 7) is 15.3. The second-order valence-corrected chi connectivity index (χ2v) is 11.4. The number of carboxylic acid groups (broad SMARTS) is 1. The number of aliphatic hydroxyl groups is 1. The van der Waals surface area contributed by atoms with Crippen LogP contribution in [0.3, 0.4) is 0 Å². The van der Waals surface area contributed by atoms with Crippen LogP contribution in [0.15, 0.2) is 22.8 Å². The van der Waals surface area contributed by atoms with Crippen LogP contribution in [0.4, 0.5) is 0 Å². The minimum atomic E-state index is -0.740. The molecule has 1 rings (SSSR count). The van der Waals surface area contributed by atoms with Crippen LogP contribution in [0.2, 0.25) is 0 Å². The summed E-state index contributed by atoms with van der Waals surface area (Å²) in [7, 11) is 0. The van der Waals surface area contributed by atoms with Gasteiger partial charge in [-0.25, -0.2) is 0 Å². The zero-order valence-electron chi connectivity index (χ0n) is 22.2. The molecule has 0 aromatic carbocycles. The molecule has 3 heteroatoms. The summed E-state index contributed by atoms with van der Waals surface area (Å²) < 4.78 is 0. The lowest BCUT2D eigenvalue weighted by atomic mass is 9.82. The Labute approximate surface area is 198 Å². The van der Waals surface area contributed by atoms with E-state index in [2.05, 4.69) is 40.7 Å². The summed E-state index contributed by atoms with van der Waals surface area (Å²) >= 11 is 0.